The van der Waals surface area contributed by atoms with Crippen LogP contribution >= 0.6 is 11.3 Å². The number of amides is 1. The van der Waals surface area contributed by atoms with Gasteiger partial charge < -0.3 is 0 Å². The number of hydrogen-bond donors (Lipinski definition) is 0. The van der Waals surface area contributed by atoms with Crippen LogP contribution in [0.1, 0.15) is 13.8 Å². The smallest absolute Gasteiger partial charge is 0.273 e. The molecule has 1 rings (SSSR count). The van der Waals surface area contributed by atoms with Crippen LogP contribution in [0.3, 0.4) is 0 Å². The Morgan fingerprint density at radius 3 is 2.69 bits per heavy atom. The number of hydrogen-bond acceptors (Lipinski definition) is 5. The van der Waals surface area contributed by atoms with Gasteiger partial charge in [0.2, 0.25) is 10.7 Å². The van der Waals surface area contributed by atoms with Crippen molar-refractivity contribution in [3.8, 4) is 0 Å². The summed E-state index contributed by atoms with van der Waals surface area (Å²) in [6, 6.07) is 0. The van der Waals surface area contributed by atoms with Crippen LogP contribution in [0.2, 0.25) is 0 Å². The highest BCUT2D eigenvalue weighted by atomic mass is 32.2. The first-order valence-electron chi connectivity index (χ1n) is 4.21. The van der Waals surface area contributed by atoms with Crippen molar-refractivity contribution in [2.45, 2.75) is 18.2 Å². The quantitative estimate of drug-likeness (QED) is 0.684. The second-order valence-corrected chi connectivity index (χ2v) is 5.51. The lowest BCUT2D eigenvalue weighted by molar-refractivity contribution is -0.116. The standard InChI is InChI=1S/C7H10N4O3S2/c1-4-8-16(13,14)7-10-11(3)6(15-7)9-5(2)12/h4H,1-3H3/b8-4+,9-6+. The summed E-state index contributed by atoms with van der Waals surface area (Å²) in [5, 5.41) is 3.74. The summed E-state index contributed by atoms with van der Waals surface area (Å²) in [4.78, 5) is 14.6. The lowest BCUT2D eigenvalue weighted by Crippen LogP contribution is -2.13. The summed E-state index contributed by atoms with van der Waals surface area (Å²) < 4.78 is 27.3. The molecule has 1 aromatic heterocycles. The molecule has 0 atom stereocenters. The Balaban J connectivity index is 3.37. The Bertz CT molecular complexity index is 593. The number of carbonyl (C=O) groups excluding carboxylic acids is 1. The van der Waals surface area contributed by atoms with Crippen LogP contribution in [0.25, 0.3) is 0 Å². The van der Waals surface area contributed by atoms with Crippen LogP contribution in [0.4, 0.5) is 0 Å². The van der Waals surface area contributed by atoms with Crippen LogP contribution in [0.5, 0.6) is 0 Å². The summed E-state index contributed by atoms with van der Waals surface area (Å²) in [6.07, 6.45) is 1.17. The van der Waals surface area contributed by atoms with Gasteiger partial charge in [0.15, 0.2) is 0 Å². The van der Waals surface area contributed by atoms with Crippen LogP contribution in [0, 0.1) is 0 Å². The molecule has 0 spiro atoms. The van der Waals surface area contributed by atoms with Crippen molar-refractivity contribution < 1.29 is 13.2 Å². The van der Waals surface area contributed by atoms with Gasteiger partial charge in [-0.2, -0.15) is 17.8 Å². The molecule has 0 unspecified atom stereocenters. The molecule has 0 aliphatic heterocycles. The number of aromatic nitrogens is 2. The van der Waals surface area contributed by atoms with Crippen LogP contribution < -0.4 is 4.80 Å². The first-order chi connectivity index (χ1) is 7.36. The lowest BCUT2D eigenvalue weighted by atomic mass is 10.8. The van der Waals surface area contributed by atoms with Crippen molar-refractivity contribution >= 4 is 33.5 Å². The zero-order chi connectivity index (χ0) is 12.3. The first-order valence-corrected chi connectivity index (χ1v) is 6.47. The molecule has 0 aliphatic carbocycles. The first kappa shape index (κ1) is 12.7. The Kier molecular flexibility index (Phi) is 3.70. The molecule has 1 heterocycles. The molecule has 1 amide bonds. The van der Waals surface area contributed by atoms with Gasteiger partial charge in [0, 0.05) is 20.2 Å². The van der Waals surface area contributed by atoms with E-state index in [1.807, 2.05) is 0 Å². The van der Waals surface area contributed by atoms with Crippen molar-refractivity contribution in [3.63, 3.8) is 0 Å². The summed E-state index contributed by atoms with van der Waals surface area (Å²) in [7, 11) is -2.26. The van der Waals surface area contributed by atoms with Gasteiger partial charge in [-0.25, -0.2) is 4.68 Å². The van der Waals surface area contributed by atoms with E-state index in [2.05, 4.69) is 14.5 Å². The van der Waals surface area contributed by atoms with E-state index in [4.69, 9.17) is 0 Å². The van der Waals surface area contributed by atoms with E-state index in [0.29, 0.717) is 0 Å². The highest BCUT2D eigenvalue weighted by Gasteiger charge is 2.17. The molecular weight excluding hydrogens is 252 g/mol. The number of carbonyl (C=O) groups is 1. The molecule has 0 bridgehead atoms. The Labute approximate surface area is 96.2 Å². The minimum Gasteiger partial charge on any atom is -0.273 e. The number of sulfonamides is 1. The monoisotopic (exact) mass is 262 g/mol. The number of nitrogens with zero attached hydrogens (tertiary/aromatic N) is 4. The molecule has 1 aromatic rings. The molecule has 0 fully saturated rings. The van der Waals surface area contributed by atoms with Crippen molar-refractivity contribution in [2.24, 2.45) is 16.4 Å². The predicted molar refractivity (Wildman–Crippen MR) is 58.7 cm³/mol. The summed E-state index contributed by atoms with van der Waals surface area (Å²) >= 11 is 0.797. The van der Waals surface area contributed by atoms with E-state index in [1.165, 1.54) is 31.8 Å². The molecule has 0 radical (unpaired) electrons. The second-order valence-electron chi connectivity index (χ2n) is 2.74. The van der Waals surface area contributed by atoms with E-state index in [0.717, 1.165) is 11.3 Å². The van der Waals surface area contributed by atoms with Crippen molar-refractivity contribution in [2.75, 3.05) is 0 Å². The highest BCUT2D eigenvalue weighted by Crippen LogP contribution is 2.10. The average Bonchev–Trinajstić information content (AvgIpc) is 2.47. The average molecular weight is 262 g/mol. The topological polar surface area (TPSA) is 93.8 Å². The number of aryl methyl sites for hydroxylation is 1. The second kappa shape index (κ2) is 4.66. The maximum Gasteiger partial charge on any atom is 0.311 e. The van der Waals surface area contributed by atoms with Gasteiger partial charge in [-0.15, -0.1) is 5.10 Å². The molecule has 9 heteroatoms. The molecule has 16 heavy (non-hydrogen) atoms. The van der Waals surface area contributed by atoms with Crippen molar-refractivity contribution in [3.05, 3.63) is 4.80 Å². The Morgan fingerprint density at radius 1 is 1.56 bits per heavy atom. The van der Waals surface area contributed by atoms with E-state index in [9.17, 15) is 13.2 Å². The zero-order valence-electron chi connectivity index (χ0n) is 8.91. The summed E-state index contributed by atoms with van der Waals surface area (Å²) in [6.45, 7) is 2.77. The third-order valence-electron chi connectivity index (χ3n) is 1.41. The normalized spacial score (nSPS) is 13.6. The Hall–Kier alpha value is -1.35. The van der Waals surface area contributed by atoms with E-state index in [-0.39, 0.29) is 9.14 Å². The lowest BCUT2D eigenvalue weighted by Gasteiger charge is -1.88. The maximum atomic E-state index is 11.5. The van der Waals surface area contributed by atoms with E-state index < -0.39 is 15.9 Å². The molecule has 0 N–H and O–H groups in total. The predicted octanol–water partition coefficient (Wildman–Crippen LogP) is -0.292. The molecule has 0 aliphatic rings. The molecule has 0 saturated carbocycles. The van der Waals surface area contributed by atoms with Gasteiger partial charge in [-0.3, -0.25) is 4.79 Å². The van der Waals surface area contributed by atoms with Gasteiger partial charge in [-0.05, 0) is 6.92 Å². The van der Waals surface area contributed by atoms with Crippen LogP contribution in [-0.4, -0.2) is 30.3 Å². The third-order valence-corrected chi connectivity index (χ3v) is 4.09. The van der Waals surface area contributed by atoms with Crippen LogP contribution in [0.15, 0.2) is 13.7 Å². The number of rotatable bonds is 2. The van der Waals surface area contributed by atoms with E-state index in [1.54, 1.807) is 0 Å². The molecule has 7 nitrogen and oxygen atoms in total. The summed E-state index contributed by atoms with van der Waals surface area (Å²) in [5.41, 5.74) is 0. The fourth-order valence-electron chi connectivity index (χ4n) is 0.848. The Morgan fingerprint density at radius 2 is 2.19 bits per heavy atom. The maximum absolute atomic E-state index is 11.5. The van der Waals surface area contributed by atoms with Crippen LogP contribution in [-0.2, 0) is 21.9 Å². The van der Waals surface area contributed by atoms with Gasteiger partial charge in [-0.1, -0.05) is 11.3 Å². The molecular formula is C7H10N4O3S2. The third kappa shape index (κ3) is 2.83. The molecule has 88 valence electrons. The SMILES string of the molecule is C/C=N/S(=O)(=O)c1nn(C)/c(=N\C(C)=O)s1. The molecule has 0 saturated heterocycles. The molecule has 0 aromatic carbocycles. The van der Waals surface area contributed by atoms with E-state index >= 15 is 0 Å². The highest BCUT2D eigenvalue weighted by molar-refractivity contribution is 7.92. The summed E-state index contributed by atoms with van der Waals surface area (Å²) in [5.74, 6) is -0.415. The largest absolute Gasteiger partial charge is 0.311 e. The van der Waals surface area contributed by atoms with Crippen molar-refractivity contribution in [1.82, 2.24) is 9.78 Å². The van der Waals surface area contributed by atoms with Gasteiger partial charge in [0.25, 0.3) is 4.34 Å². The minimum atomic E-state index is -3.76. The zero-order valence-corrected chi connectivity index (χ0v) is 10.5. The van der Waals surface area contributed by atoms with Gasteiger partial charge >= 0.3 is 10.0 Å². The van der Waals surface area contributed by atoms with Gasteiger partial charge in [0.05, 0.1) is 0 Å². The fourth-order valence-corrected chi connectivity index (χ4v) is 2.88. The fraction of sp³-hybridized carbons (Fsp3) is 0.429. The van der Waals surface area contributed by atoms with Gasteiger partial charge in [0.1, 0.15) is 0 Å². The minimum absolute atomic E-state index is 0.187. The van der Waals surface area contributed by atoms with Crippen molar-refractivity contribution in [1.29, 1.82) is 0 Å².